The summed E-state index contributed by atoms with van der Waals surface area (Å²) in [6.45, 7) is 5.92. The van der Waals surface area contributed by atoms with Gasteiger partial charge in [0.1, 0.15) is 0 Å². The molecule has 2 heterocycles. The number of halogens is 1. The summed E-state index contributed by atoms with van der Waals surface area (Å²) in [4.78, 5) is 15.7. The van der Waals surface area contributed by atoms with Crippen molar-refractivity contribution >= 4 is 17.5 Å². The molecule has 0 aromatic carbocycles. The SMILES string of the molecule is Cc1c(C(N)=O)c(Cl)c(-c2cccnc2)n1C(C)C. The van der Waals surface area contributed by atoms with Gasteiger partial charge in [-0.25, -0.2) is 0 Å². The lowest BCUT2D eigenvalue weighted by Gasteiger charge is -2.15. The second kappa shape index (κ2) is 5.05. The minimum absolute atomic E-state index is 0.167. The van der Waals surface area contributed by atoms with Crippen LogP contribution in [0.25, 0.3) is 11.3 Å². The number of carbonyl (C=O) groups excluding carboxylic acids is 1. The summed E-state index contributed by atoms with van der Waals surface area (Å²) in [6, 6.07) is 3.92. The fraction of sp³-hybridized carbons (Fsp3) is 0.286. The molecule has 0 aliphatic rings. The topological polar surface area (TPSA) is 60.9 Å². The van der Waals surface area contributed by atoms with E-state index in [-0.39, 0.29) is 6.04 Å². The van der Waals surface area contributed by atoms with Gasteiger partial charge in [0.15, 0.2) is 0 Å². The zero-order valence-corrected chi connectivity index (χ0v) is 11.9. The smallest absolute Gasteiger partial charge is 0.252 e. The molecule has 0 spiro atoms. The lowest BCUT2D eigenvalue weighted by Crippen LogP contribution is -2.13. The highest BCUT2D eigenvalue weighted by molar-refractivity contribution is 6.36. The van der Waals surface area contributed by atoms with E-state index in [0.29, 0.717) is 10.6 Å². The number of amides is 1. The molecule has 0 fully saturated rings. The summed E-state index contributed by atoms with van der Waals surface area (Å²) in [5.74, 6) is -0.507. The van der Waals surface area contributed by atoms with Crippen molar-refractivity contribution < 1.29 is 4.79 Å². The quantitative estimate of drug-likeness (QED) is 0.936. The number of pyridine rings is 1. The third-order valence-corrected chi connectivity index (χ3v) is 3.46. The van der Waals surface area contributed by atoms with Crippen LogP contribution in [0.5, 0.6) is 0 Å². The van der Waals surface area contributed by atoms with Gasteiger partial charge in [-0.15, -0.1) is 0 Å². The van der Waals surface area contributed by atoms with E-state index in [1.54, 1.807) is 12.4 Å². The molecular weight excluding hydrogens is 262 g/mol. The Morgan fingerprint density at radius 1 is 1.47 bits per heavy atom. The van der Waals surface area contributed by atoms with Crippen LogP contribution in [0, 0.1) is 6.92 Å². The molecule has 2 rings (SSSR count). The van der Waals surface area contributed by atoms with Crippen LogP contribution < -0.4 is 5.73 Å². The van der Waals surface area contributed by atoms with Gasteiger partial charge in [-0.1, -0.05) is 11.6 Å². The van der Waals surface area contributed by atoms with Crippen molar-refractivity contribution in [3.05, 3.63) is 40.8 Å². The first-order chi connectivity index (χ1) is 8.95. The molecule has 2 aromatic heterocycles. The number of hydrogen-bond donors (Lipinski definition) is 1. The molecule has 19 heavy (non-hydrogen) atoms. The summed E-state index contributed by atoms with van der Waals surface area (Å²) in [6.07, 6.45) is 3.42. The fourth-order valence-electron chi connectivity index (χ4n) is 2.37. The Bertz CT molecular complexity index is 617. The van der Waals surface area contributed by atoms with Crippen LogP contribution in [0.3, 0.4) is 0 Å². The van der Waals surface area contributed by atoms with Crippen LogP contribution in [-0.2, 0) is 0 Å². The fourth-order valence-corrected chi connectivity index (χ4v) is 2.80. The second-order valence-electron chi connectivity index (χ2n) is 4.69. The molecule has 2 aromatic rings. The van der Waals surface area contributed by atoms with Gasteiger partial charge in [-0.2, -0.15) is 0 Å². The Labute approximate surface area is 117 Å². The standard InChI is InChI=1S/C14H16ClN3O/c1-8(2)18-9(3)11(14(16)19)12(15)13(18)10-5-4-6-17-7-10/h4-8H,1-3H3,(H2,16,19). The summed E-state index contributed by atoms with van der Waals surface area (Å²) in [7, 11) is 0. The maximum atomic E-state index is 11.6. The summed E-state index contributed by atoms with van der Waals surface area (Å²) in [5, 5.41) is 0.395. The van der Waals surface area contributed by atoms with E-state index in [2.05, 4.69) is 4.98 Å². The third kappa shape index (κ3) is 2.24. The van der Waals surface area contributed by atoms with Gasteiger partial charge < -0.3 is 10.3 Å². The zero-order chi connectivity index (χ0) is 14.2. The Kier molecular flexibility index (Phi) is 3.62. The minimum Gasteiger partial charge on any atom is -0.365 e. The molecule has 0 aliphatic heterocycles. The number of carbonyl (C=O) groups is 1. The molecule has 0 saturated carbocycles. The monoisotopic (exact) mass is 277 g/mol. The van der Waals surface area contributed by atoms with Crippen LogP contribution in [0.15, 0.2) is 24.5 Å². The van der Waals surface area contributed by atoms with Gasteiger partial charge >= 0.3 is 0 Å². The van der Waals surface area contributed by atoms with Crippen molar-refractivity contribution in [2.75, 3.05) is 0 Å². The van der Waals surface area contributed by atoms with Crippen molar-refractivity contribution in [1.82, 2.24) is 9.55 Å². The molecule has 0 bridgehead atoms. The maximum Gasteiger partial charge on any atom is 0.252 e. The van der Waals surface area contributed by atoms with Gasteiger partial charge in [0.25, 0.3) is 5.91 Å². The molecule has 1 amide bonds. The Balaban J connectivity index is 2.80. The molecule has 0 radical (unpaired) electrons. The molecule has 5 heteroatoms. The van der Waals surface area contributed by atoms with E-state index in [9.17, 15) is 4.79 Å². The molecule has 2 N–H and O–H groups in total. The van der Waals surface area contributed by atoms with E-state index in [1.807, 2.05) is 37.5 Å². The normalized spacial score (nSPS) is 11.0. The van der Waals surface area contributed by atoms with Crippen molar-refractivity contribution in [3.63, 3.8) is 0 Å². The van der Waals surface area contributed by atoms with Crippen LogP contribution in [0.4, 0.5) is 0 Å². The Morgan fingerprint density at radius 2 is 2.16 bits per heavy atom. The Hall–Kier alpha value is -1.81. The number of nitrogens with zero attached hydrogens (tertiary/aromatic N) is 2. The first kappa shape index (κ1) is 13.6. The largest absolute Gasteiger partial charge is 0.365 e. The number of aromatic nitrogens is 2. The van der Waals surface area contributed by atoms with E-state index >= 15 is 0 Å². The van der Waals surface area contributed by atoms with Gasteiger partial charge in [0, 0.05) is 29.7 Å². The van der Waals surface area contributed by atoms with Gasteiger partial charge in [-0.3, -0.25) is 9.78 Å². The van der Waals surface area contributed by atoms with Gasteiger partial charge in [-0.05, 0) is 32.9 Å². The highest BCUT2D eigenvalue weighted by atomic mass is 35.5. The predicted octanol–water partition coefficient (Wildman–Crippen LogP) is 3.19. The average Bonchev–Trinajstić information content (AvgIpc) is 2.61. The zero-order valence-electron chi connectivity index (χ0n) is 11.1. The molecule has 0 atom stereocenters. The molecule has 100 valence electrons. The Morgan fingerprint density at radius 3 is 2.63 bits per heavy atom. The number of hydrogen-bond acceptors (Lipinski definition) is 2. The van der Waals surface area contributed by atoms with E-state index in [0.717, 1.165) is 17.0 Å². The van der Waals surface area contributed by atoms with E-state index in [4.69, 9.17) is 17.3 Å². The van der Waals surface area contributed by atoms with Crippen molar-refractivity contribution in [1.29, 1.82) is 0 Å². The van der Waals surface area contributed by atoms with Crippen LogP contribution in [0.1, 0.15) is 35.9 Å². The van der Waals surface area contributed by atoms with Crippen LogP contribution in [0.2, 0.25) is 5.02 Å². The van der Waals surface area contributed by atoms with Crippen LogP contribution >= 0.6 is 11.6 Å². The number of rotatable bonds is 3. The lowest BCUT2D eigenvalue weighted by atomic mass is 10.2. The molecule has 0 unspecified atom stereocenters. The van der Waals surface area contributed by atoms with Crippen LogP contribution in [-0.4, -0.2) is 15.5 Å². The first-order valence-corrected chi connectivity index (χ1v) is 6.43. The van der Waals surface area contributed by atoms with E-state index in [1.165, 1.54) is 0 Å². The van der Waals surface area contributed by atoms with Crippen molar-refractivity contribution in [2.24, 2.45) is 5.73 Å². The van der Waals surface area contributed by atoms with Crippen molar-refractivity contribution in [2.45, 2.75) is 26.8 Å². The van der Waals surface area contributed by atoms with Crippen molar-refractivity contribution in [3.8, 4) is 11.3 Å². The van der Waals surface area contributed by atoms with E-state index < -0.39 is 5.91 Å². The lowest BCUT2D eigenvalue weighted by molar-refractivity contribution is 0.0999. The number of primary amides is 1. The van der Waals surface area contributed by atoms with Gasteiger partial charge in [0.05, 0.1) is 16.3 Å². The first-order valence-electron chi connectivity index (χ1n) is 6.05. The van der Waals surface area contributed by atoms with Gasteiger partial charge in [0.2, 0.25) is 0 Å². The highest BCUT2D eigenvalue weighted by Gasteiger charge is 2.24. The molecular formula is C14H16ClN3O. The molecule has 4 nitrogen and oxygen atoms in total. The third-order valence-electron chi connectivity index (χ3n) is 3.09. The average molecular weight is 278 g/mol. The molecule has 0 saturated heterocycles. The summed E-state index contributed by atoms with van der Waals surface area (Å²) >= 11 is 6.36. The number of nitrogens with two attached hydrogens (primary N) is 1. The highest BCUT2D eigenvalue weighted by Crippen LogP contribution is 2.37. The molecule has 0 aliphatic carbocycles. The minimum atomic E-state index is -0.507. The predicted molar refractivity (Wildman–Crippen MR) is 76.3 cm³/mol. The summed E-state index contributed by atoms with van der Waals surface area (Å²) in [5.41, 5.74) is 8.25. The maximum absolute atomic E-state index is 11.6. The second-order valence-corrected chi connectivity index (χ2v) is 5.07. The summed E-state index contributed by atoms with van der Waals surface area (Å²) < 4.78 is 2.01.